The maximum atomic E-state index is 12.0. The molecule has 0 aliphatic rings. The van der Waals surface area contributed by atoms with Gasteiger partial charge in [-0.3, -0.25) is 25.0 Å². The number of Topliss-reactive ketones (excluding diaryl/α,β-unsaturated/α-hetero) is 1. The second kappa shape index (κ2) is 23.2. The molecule has 1 aromatic heterocycles. The van der Waals surface area contributed by atoms with Gasteiger partial charge < -0.3 is 21.5 Å². The molecule has 0 bridgehead atoms. The zero-order valence-electron chi connectivity index (χ0n) is 30.7. The molecule has 5 rings (SSSR count). The largest absolute Gasteiger partial charge is 0.444 e. The van der Waals surface area contributed by atoms with Crippen molar-refractivity contribution in [3.63, 3.8) is 0 Å². The Morgan fingerprint density at radius 1 is 0.857 bits per heavy atom. The van der Waals surface area contributed by atoms with Crippen molar-refractivity contribution in [2.75, 3.05) is 5.33 Å². The number of carbonyl (C=O) groups is 2. The highest BCUT2D eigenvalue weighted by Gasteiger charge is 2.24. The minimum atomic E-state index is -0.773. The van der Waals surface area contributed by atoms with Gasteiger partial charge in [0.05, 0.1) is 33.0 Å². The fourth-order valence-corrected chi connectivity index (χ4v) is 6.08. The lowest BCUT2D eigenvalue weighted by atomic mass is 10.0. The summed E-state index contributed by atoms with van der Waals surface area (Å²) in [4.78, 5) is 49.3. The number of carbonyl (C=O) groups excluding carboxylic acids is 2. The summed E-state index contributed by atoms with van der Waals surface area (Å²) in [5.41, 5.74) is 15.5. The number of amides is 1. The van der Waals surface area contributed by atoms with E-state index in [9.17, 15) is 29.8 Å². The minimum absolute atomic E-state index is 0. The summed E-state index contributed by atoms with van der Waals surface area (Å²) in [6.45, 7) is 5.18. The number of aromatic nitrogens is 1. The fourth-order valence-electron chi connectivity index (χ4n) is 4.66. The average Bonchev–Trinajstić information content (AvgIpc) is 3.66. The van der Waals surface area contributed by atoms with Crippen LogP contribution < -0.4 is 16.8 Å². The first-order valence-electron chi connectivity index (χ1n) is 16.7. The van der Waals surface area contributed by atoms with Crippen molar-refractivity contribution in [1.29, 1.82) is 0 Å². The number of benzene rings is 4. The molecule has 0 saturated heterocycles. The molecule has 0 aliphatic carbocycles. The molecule has 0 saturated carbocycles. The Kier molecular flexibility index (Phi) is 19.6. The Morgan fingerprint density at radius 2 is 1.34 bits per heavy atom. The molecule has 0 radical (unpaired) electrons. The van der Waals surface area contributed by atoms with Gasteiger partial charge in [-0.1, -0.05) is 113 Å². The van der Waals surface area contributed by atoms with E-state index in [1.807, 2.05) is 66.0 Å². The van der Waals surface area contributed by atoms with Gasteiger partial charge in [0, 0.05) is 40.8 Å². The van der Waals surface area contributed by atoms with Gasteiger partial charge in [-0.25, -0.2) is 9.78 Å². The van der Waals surface area contributed by atoms with Gasteiger partial charge in [-0.15, -0.1) is 28.3 Å². The smallest absolute Gasteiger partial charge is 0.408 e. The van der Waals surface area contributed by atoms with E-state index < -0.39 is 27.6 Å². The molecule has 0 aliphatic heterocycles. The van der Waals surface area contributed by atoms with E-state index in [1.165, 1.54) is 24.3 Å². The summed E-state index contributed by atoms with van der Waals surface area (Å²) in [5, 5.41) is 26.8. The Bertz CT molecular complexity index is 2030. The second-order valence-electron chi connectivity index (χ2n) is 12.8. The van der Waals surface area contributed by atoms with Crippen molar-refractivity contribution in [3.8, 4) is 10.6 Å². The van der Waals surface area contributed by atoms with Crippen molar-refractivity contribution in [2.45, 2.75) is 51.3 Å². The van der Waals surface area contributed by atoms with E-state index >= 15 is 0 Å². The maximum absolute atomic E-state index is 12.0. The van der Waals surface area contributed by atoms with Crippen molar-refractivity contribution >= 4 is 84.7 Å². The molecule has 5 N–H and O–H groups in total. The lowest BCUT2D eigenvalue weighted by Gasteiger charge is -2.23. The number of nitro groups is 2. The number of nitrogens with two attached hydrogens (primary N) is 2. The highest BCUT2D eigenvalue weighted by atomic mass is 79.9. The van der Waals surface area contributed by atoms with Gasteiger partial charge in [0.2, 0.25) is 0 Å². The number of thiocarbonyl (C=S) groups is 1. The molecule has 5 aromatic rings. The summed E-state index contributed by atoms with van der Waals surface area (Å²) in [5.74, 6) is -0.214. The normalized spacial score (nSPS) is 11.4. The SMILES string of the molecule is Br.CC(C)(C)OC(=O)N[C@@H](Cc1ccc([N+](=O)[O-])cc1)C(=O)CBr.NC(=S)c1ccccc1.NC(Cc1ccc([N+](=O)[O-])cc1)c1csc(-c2ccccc2)n1. The number of thiazole rings is 1. The Labute approximate surface area is 353 Å². The first-order chi connectivity index (χ1) is 26.1. The van der Waals surface area contributed by atoms with Gasteiger partial charge in [0.1, 0.15) is 15.6 Å². The number of alkyl carbamates (subject to hydrolysis) is 1. The maximum Gasteiger partial charge on any atom is 0.408 e. The number of halogens is 2. The first-order valence-corrected chi connectivity index (χ1v) is 19.1. The van der Waals surface area contributed by atoms with Crippen molar-refractivity contribution in [1.82, 2.24) is 10.3 Å². The van der Waals surface area contributed by atoms with Crippen LogP contribution in [0.5, 0.6) is 0 Å². The predicted molar refractivity (Wildman–Crippen MR) is 233 cm³/mol. The third-order valence-electron chi connectivity index (χ3n) is 7.38. The number of nitro benzene ring substituents is 2. The molecule has 296 valence electrons. The van der Waals surface area contributed by atoms with Crippen LogP contribution in [-0.4, -0.2) is 48.7 Å². The van der Waals surface area contributed by atoms with E-state index in [-0.39, 0.29) is 51.9 Å². The first kappa shape index (κ1) is 47.2. The van der Waals surface area contributed by atoms with Crippen LogP contribution >= 0.6 is 56.5 Å². The zero-order chi connectivity index (χ0) is 40.5. The molecule has 1 heterocycles. The predicted octanol–water partition coefficient (Wildman–Crippen LogP) is 8.85. The van der Waals surface area contributed by atoms with Gasteiger partial charge in [-0.05, 0) is 44.7 Å². The molecular weight excluding hydrogens is 888 g/mol. The number of rotatable bonds is 12. The summed E-state index contributed by atoms with van der Waals surface area (Å²) < 4.78 is 5.14. The van der Waals surface area contributed by atoms with E-state index in [0.717, 1.165) is 27.4 Å². The molecule has 0 spiro atoms. The summed E-state index contributed by atoms with van der Waals surface area (Å²) in [7, 11) is 0. The Morgan fingerprint density at radius 3 is 1.77 bits per heavy atom. The number of hydrogen-bond donors (Lipinski definition) is 3. The van der Waals surface area contributed by atoms with Crippen LogP contribution in [0, 0.1) is 20.2 Å². The third-order valence-corrected chi connectivity index (χ3v) is 9.08. The monoisotopic (exact) mass is 928 g/mol. The topological polar surface area (TPSA) is 207 Å². The summed E-state index contributed by atoms with van der Waals surface area (Å²) >= 11 is 9.39. The van der Waals surface area contributed by atoms with Gasteiger partial charge in [-0.2, -0.15) is 0 Å². The number of ether oxygens (including phenoxy) is 1. The third kappa shape index (κ3) is 16.4. The molecule has 56 heavy (non-hydrogen) atoms. The minimum Gasteiger partial charge on any atom is -0.444 e. The molecule has 0 fully saturated rings. The summed E-state index contributed by atoms with van der Waals surface area (Å²) in [6.07, 6.45) is 0.135. The van der Waals surface area contributed by atoms with Gasteiger partial charge in [0.25, 0.3) is 11.4 Å². The van der Waals surface area contributed by atoms with Crippen LogP contribution in [0.3, 0.4) is 0 Å². The van der Waals surface area contributed by atoms with E-state index in [1.54, 1.807) is 56.4 Å². The zero-order valence-corrected chi connectivity index (χ0v) is 35.6. The van der Waals surface area contributed by atoms with E-state index in [2.05, 4.69) is 26.2 Å². The van der Waals surface area contributed by atoms with Crippen LogP contribution in [0.2, 0.25) is 0 Å². The summed E-state index contributed by atoms with van der Waals surface area (Å²) in [6, 6.07) is 30.8. The van der Waals surface area contributed by atoms with E-state index in [4.69, 9.17) is 28.4 Å². The molecule has 1 unspecified atom stereocenters. The average molecular weight is 931 g/mol. The van der Waals surface area contributed by atoms with Crippen LogP contribution in [0.15, 0.2) is 115 Å². The lowest BCUT2D eigenvalue weighted by molar-refractivity contribution is -0.385. The number of hydrogen-bond acceptors (Lipinski definition) is 11. The quantitative estimate of drug-likeness (QED) is 0.0466. The highest BCUT2D eigenvalue weighted by Crippen LogP contribution is 2.27. The van der Waals surface area contributed by atoms with Crippen LogP contribution in [0.4, 0.5) is 16.2 Å². The van der Waals surface area contributed by atoms with E-state index in [0.29, 0.717) is 17.0 Å². The van der Waals surface area contributed by atoms with Crippen molar-refractivity contribution in [2.24, 2.45) is 11.5 Å². The number of nitrogens with one attached hydrogen (secondary N) is 1. The number of alkyl halides is 1. The lowest BCUT2D eigenvalue weighted by Crippen LogP contribution is -2.45. The molecule has 13 nitrogen and oxygen atoms in total. The molecular formula is C39H42Br2N6O7S2. The molecule has 4 aromatic carbocycles. The van der Waals surface area contributed by atoms with Crippen LogP contribution in [0.25, 0.3) is 10.6 Å². The van der Waals surface area contributed by atoms with Crippen LogP contribution in [0.1, 0.15) is 49.2 Å². The standard InChI is InChI=1S/C17H15N3O2S.C15H19BrN2O5.C7H7NS.BrH/c18-15(10-12-6-8-14(9-7-12)20(21)22)16-11-23-17(19-16)13-4-2-1-3-5-13;1-15(2,3)23-14(20)17-12(13(19)9-16)8-10-4-6-11(7-5-10)18(21)22;8-7(9)6-4-2-1-3-5-6;/h1-9,11,15H,10,18H2;4-7,12H,8-9H2,1-3H3,(H,17,20);1-5H,(H2,8,9);1H/t;12-;;/m.0../s1. The Balaban J connectivity index is 0.000000313. The molecule has 1 amide bonds. The van der Waals surface area contributed by atoms with Gasteiger partial charge >= 0.3 is 6.09 Å². The molecule has 17 heteroatoms. The van der Waals surface area contributed by atoms with Crippen molar-refractivity contribution < 1.29 is 24.2 Å². The van der Waals surface area contributed by atoms with Crippen LogP contribution in [-0.2, 0) is 22.4 Å². The number of ketones is 1. The number of nitrogens with zero attached hydrogens (tertiary/aromatic N) is 3. The number of non-ortho nitro benzene ring substituents is 2. The second-order valence-corrected chi connectivity index (χ2v) is 14.7. The van der Waals surface area contributed by atoms with Gasteiger partial charge in [0.15, 0.2) is 5.78 Å². The van der Waals surface area contributed by atoms with Crippen molar-refractivity contribution in [3.05, 3.63) is 157 Å². The highest BCUT2D eigenvalue weighted by molar-refractivity contribution is 9.09. The fraction of sp³-hybridized carbons (Fsp3) is 0.231. The Hall–Kier alpha value is -4.94. The molecule has 2 atom stereocenters.